The zero-order chi connectivity index (χ0) is 30.1. The zero-order valence-corrected chi connectivity index (χ0v) is 26.4. The fraction of sp³-hybridized carbons (Fsp3) is 0.250. The quantitative estimate of drug-likeness (QED) is 0.207. The van der Waals surface area contributed by atoms with E-state index in [0.29, 0.717) is 0 Å². The summed E-state index contributed by atoms with van der Waals surface area (Å²) in [7, 11) is 2.13. The highest BCUT2D eigenvalue weighted by Gasteiger charge is 2.17. The number of anilines is 5. The first-order valence-corrected chi connectivity index (χ1v) is 14.9. The number of benzene rings is 5. The van der Waals surface area contributed by atoms with E-state index in [9.17, 15) is 0 Å². The molecule has 0 fully saturated rings. The highest BCUT2D eigenvalue weighted by Crippen LogP contribution is 2.37. The smallest absolute Gasteiger partial charge is 0.0462 e. The Kier molecular flexibility index (Phi) is 8.01. The number of hydrogen-bond donors (Lipinski definition) is 0. The fourth-order valence-electron chi connectivity index (χ4n) is 5.27. The van der Waals surface area contributed by atoms with Gasteiger partial charge in [0.1, 0.15) is 0 Å². The van der Waals surface area contributed by atoms with Gasteiger partial charge < -0.3 is 9.80 Å². The van der Waals surface area contributed by atoms with Crippen LogP contribution in [0.4, 0.5) is 28.4 Å². The molecule has 2 heteroatoms. The summed E-state index contributed by atoms with van der Waals surface area (Å²) in [6.45, 7) is 15.7. The molecule has 0 aliphatic carbocycles. The molecule has 2 nitrogen and oxygen atoms in total. The molecule has 0 radical (unpaired) electrons. The molecule has 0 saturated heterocycles. The zero-order valence-electron chi connectivity index (χ0n) is 26.4. The van der Waals surface area contributed by atoms with Crippen molar-refractivity contribution < 1.29 is 0 Å². The van der Waals surface area contributed by atoms with Crippen molar-refractivity contribution in [3.63, 3.8) is 0 Å². The topological polar surface area (TPSA) is 6.48 Å². The number of nitrogens with zero attached hydrogens (tertiary/aromatic N) is 2. The third-order valence-electron chi connectivity index (χ3n) is 8.12. The summed E-state index contributed by atoms with van der Waals surface area (Å²) in [5.41, 5.74) is 12.4. The molecule has 0 aromatic heterocycles. The van der Waals surface area contributed by atoms with Gasteiger partial charge in [0, 0.05) is 35.5 Å². The van der Waals surface area contributed by atoms with Crippen LogP contribution in [0.5, 0.6) is 0 Å². The second-order valence-electron chi connectivity index (χ2n) is 13.4. The van der Waals surface area contributed by atoms with Gasteiger partial charge >= 0.3 is 0 Å². The Hall–Kier alpha value is -4.30. The summed E-state index contributed by atoms with van der Waals surface area (Å²) in [4.78, 5) is 4.57. The monoisotopic (exact) mass is 552 g/mol. The lowest BCUT2D eigenvalue weighted by molar-refractivity contribution is 0.590. The van der Waals surface area contributed by atoms with Crippen LogP contribution in [0.2, 0.25) is 0 Å². The van der Waals surface area contributed by atoms with Crippen molar-refractivity contribution in [1.29, 1.82) is 0 Å². The molecular weight excluding hydrogens is 508 g/mol. The van der Waals surface area contributed by atoms with E-state index in [1.54, 1.807) is 0 Å². The van der Waals surface area contributed by atoms with Crippen molar-refractivity contribution in [1.82, 2.24) is 0 Å². The minimum Gasteiger partial charge on any atom is -0.345 e. The Morgan fingerprint density at radius 1 is 0.381 bits per heavy atom. The van der Waals surface area contributed by atoms with Gasteiger partial charge in [-0.05, 0) is 101 Å². The fourth-order valence-corrected chi connectivity index (χ4v) is 5.27. The van der Waals surface area contributed by atoms with E-state index in [1.807, 2.05) is 0 Å². The van der Waals surface area contributed by atoms with Crippen LogP contribution < -0.4 is 9.80 Å². The largest absolute Gasteiger partial charge is 0.345 e. The summed E-state index contributed by atoms with van der Waals surface area (Å²) in [5, 5.41) is 0. The Labute approximate surface area is 253 Å². The second-order valence-corrected chi connectivity index (χ2v) is 13.4. The molecule has 214 valence electrons. The molecule has 0 unspecified atom stereocenters. The molecule has 0 heterocycles. The van der Waals surface area contributed by atoms with Gasteiger partial charge in [0.05, 0.1) is 0 Å². The van der Waals surface area contributed by atoms with Gasteiger partial charge in [-0.15, -0.1) is 0 Å². The highest BCUT2D eigenvalue weighted by molar-refractivity contribution is 5.79. The van der Waals surface area contributed by atoms with Crippen molar-refractivity contribution in [2.45, 2.75) is 59.3 Å². The second kappa shape index (κ2) is 11.5. The lowest BCUT2D eigenvalue weighted by Gasteiger charge is -2.27. The average Bonchev–Trinajstić information content (AvgIpc) is 2.98. The van der Waals surface area contributed by atoms with Gasteiger partial charge in [-0.1, -0.05) is 108 Å². The molecular formula is C40H44N2. The van der Waals surface area contributed by atoms with Crippen LogP contribution in [-0.4, -0.2) is 7.05 Å². The third-order valence-corrected chi connectivity index (χ3v) is 8.12. The van der Waals surface area contributed by atoms with Crippen molar-refractivity contribution in [3.05, 3.63) is 138 Å². The summed E-state index contributed by atoms with van der Waals surface area (Å²) >= 11 is 0. The minimum absolute atomic E-state index is 0.121. The van der Waals surface area contributed by atoms with E-state index in [2.05, 4.69) is 187 Å². The number of rotatable bonds is 6. The van der Waals surface area contributed by atoms with Gasteiger partial charge in [0.25, 0.3) is 0 Å². The predicted molar refractivity (Wildman–Crippen MR) is 183 cm³/mol. The first kappa shape index (κ1) is 29.2. The summed E-state index contributed by atoms with van der Waals surface area (Å²) in [6.07, 6.45) is 0. The molecule has 5 aromatic carbocycles. The lowest BCUT2D eigenvalue weighted by Crippen LogP contribution is -2.13. The first-order chi connectivity index (χ1) is 19.9. The Balaban J connectivity index is 1.39. The van der Waals surface area contributed by atoms with Gasteiger partial charge in [-0.3, -0.25) is 0 Å². The lowest BCUT2D eigenvalue weighted by atomic mass is 9.87. The molecule has 0 amide bonds. The van der Waals surface area contributed by atoms with Crippen LogP contribution >= 0.6 is 0 Å². The summed E-state index contributed by atoms with van der Waals surface area (Å²) in [5.74, 6) is 0. The summed E-state index contributed by atoms with van der Waals surface area (Å²) < 4.78 is 0. The van der Waals surface area contributed by atoms with E-state index < -0.39 is 0 Å². The minimum atomic E-state index is 0.121. The molecule has 0 atom stereocenters. The Morgan fingerprint density at radius 2 is 0.667 bits per heavy atom. The van der Waals surface area contributed by atoms with Crippen LogP contribution in [0, 0.1) is 6.92 Å². The Bertz CT molecular complexity index is 1600. The van der Waals surface area contributed by atoms with Crippen molar-refractivity contribution in [2.24, 2.45) is 0 Å². The molecule has 0 saturated carbocycles. The van der Waals surface area contributed by atoms with Gasteiger partial charge in [-0.25, -0.2) is 0 Å². The van der Waals surface area contributed by atoms with Crippen LogP contribution in [0.3, 0.4) is 0 Å². The highest BCUT2D eigenvalue weighted by atomic mass is 15.1. The molecule has 0 N–H and O–H groups in total. The number of hydrogen-bond acceptors (Lipinski definition) is 2. The van der Waals surface area contributed by atoms with Crippen LogP contribution in [-0.2, 0) is 10.8 Å². The third kappa shape index (κ3) is 6.44. The standard InChI is InChI=1S/C40H44N2/c1-29-9-19-36(20-10-29)42(38-27-17-33(18-28-38)40(5,6)7)37-23-13-31(14-24-37)30-11-21-34(22-12-30)41(8)35-25-15-32(16-26-35)39(2,3)4/h9-28H,1-8H3. The van der Waals surface area contributed by atoms with Gasteiger partial charge in [-0.2, -0.15) is 0 Å². The average molecular weight is 553 g/mol. The van der Waals surface area contributed by atoms with Crippen molar-refractivity contribution >= 4 is 28.4 Å². The normalized spacial score (nSPS) is 11.8. The Morgan fingerprint density at radius 3 is 1.02 bits per heavy atom. The van der Waals surface area contributed by atoms with E-state index in [0.717, 1.165) is 17.1 Å². The molecule has 0 aliphatic heterocycles. The molecule has 0 spiro atoms. The maximum atomic E-state index is 2.33. The van der Waals surface area contributed by atoms with E-state index in [1.165, 1.54) is 39.2 Å². The van der Waals surface area contributed by atoms with Gasteiger partial charge in [0.2, 0.25) is 0 Å². The van der Waals surface area contributed by atoms with Crippen LogP contribution in [0.15, 0.2) is 121 Å². The van der Waals surface area contributed by atoms with E-state index in [-0.39, 0.29) is 10.8 Å². The molecule has 42 heavy (non-hydrogen) atoms. The molecule has 0 aliphatic rings. The maximum absolute atomic E-state index is 2.33. The molecule has 5 aromatic rings. The van der Waals surface area contributed by atoms with E-state index >= 15 is 0 Å². The molecule has 5 rings (SSSR count). The van der Waals surface area contributed by atoms with Crippen molar-refractivity contribution in [3.8, 4) is 11.1 Å². The predicted octanol–water partition coefficient (Wildman–Crippen LogP) is 11.5. The van der Waals surface area contributed by atoms with Crippen LogP contribution in [0.25, 0.3) is 11.1 Å². The van der Waals surface area contributed by atoms with Gasteiger partial charge in [0.15, 0.2) is 0 Å². The summed E-state index contributed by atoms with van der Waals surface area (Å²) in [6, 6.07) is 44.4. The molecule has 0 bridgehead atoms. The SMILES string of the molecule is Cc1ccc(N(c2ccc(-c3ccc(N(C)c4ccc(C(C)(C)C)cc4)cc3)cc2)c2ccc(C(C)(C)C)cc2)cc1. The van der Waals surface area contributed by atoms with Crippen LogP contribution in [0.1, 0.15) is 58.2 Å². The maximum Gasteiger partial charge on any atom is 0.0462 e. The first-order valence-electron chi connectivity index (χ1n) is 14.9. The van der Waals surface area contributed by atoms with E-state index in [4.69, 9.17) is 0 Å². The van der Waals surface area contributed by atoms with Crippen molar-refractivity contribution in [2.75, 3.05) is 16.8 Å². The number of aryl methyl sites for hydroxylation is 1.